The highest BCUT2D eigenvalue weighted by Crippen LogP contribution is 2.40. The second kappa shape index (κ2) is 3.79. The molecule has 0 aliphatic carbocycles. The van der Waals surface area contributed by atoms with Crippen LogP contribution in [0.4, 0.5) is 4.39 Å². The SMILES string of the molecule is NCC(=O)c1c(Br)cc2c(c1F)OCO2. The number of hydrogen-bond acceptors (Lipinski definition) is 4. The molecule has 0 unspecified atom stereocenters. The molecular weight excluding hydrogens is 269 g/mol. The Balaban J connectivity index is 2.61. The Labute approximate surface area is 93.3 Å². The average Bonchev–Trinajstić information content (AvgIpc) is 2.65. The molecule has 6 heteroatoms. The summed E-state index contributed by atoms with van der Waals surface area (Å²) >= 11 is 3.09. The first kappa shape index (κ1) is 10.4. The summed E-state index contributed by atoms with van der Waals surface area (Å²) in [6.45, 7) is -0.297. The molecular formula is C9H7BrFNO3. The number of halogens is 2. The molecule has 1 aliphatic rings. The Morgan fingerprint density at radius 1 is 1.60 bits per heavy atom. The van der Waals surface area contributed by atoms with Crippen molar-refractivity contribution < 1.29 is 18.7 Å². The highest BCUT2D eigenvalue weighted by molar-refractivity contribution is 9.10. The van der Waals surface area contributed by atoms with Gasteiger partial charge in [0.05, 0.1) is 12.1 Å². The average molecular weight is 276 g/mol. The number of ether oxygens (including phenoxy) is 2. The van der Waals surface area contributed by atoms with Gasteiger partial charge in [-0.05, 0) is 22.0 Å². The Hall–Kier alpha value is -1.14. The summed E-state index contributed by atoms with van der Waals surface area (Å²) in [6.07, 6.45) is 0. The van der Waals surface area contributed by atoms with E-state index >= 15 is 0 Å². The molecule has 15 heavy (non-hydrogen) atoms. The Morgan fingerprint density at radius 3 is 3.00 bits per heavy atom. The number of ketones is 1. The van der Waals surface area contributed by atoms with Crippen molar-refractivity contribution in [3.8, 4) is 11.5 Å². The molecule has 1 aromatic carbocycles. The highest BCUT2D eigenvalue weighted by Gasteiger charge is 2.26. The van der Waals surface area contributed by atoms with Gasteiger partial charge in [0.1, 0.15) is 0 Å². The minimum atomic E-state index is -0.729. The van der Waals surface area contributed by atoms with Crippen molar-refractivity contribution >= 4 is 21.7 Å². The van der Waals surface area contributed by atoms with Crippen LogP contribution in [0.5, 0.6) is 11.5 Å². The Morgan fingerprint density at radius 2 is 2.33 bits per heavy atom. The lowest BCUT2D eigenvalue weighted by atomic mass is 10.1. The molecule has 0 saturated carbocycles. The lowest BCUT2D eigenvalue weighted by Crippen LogP contribution is -2.16. The van der Waals surface area contributed by atoms with Crippen molar-refractivity contribution in [3.63, 3.8) is 0 Å². The topological polar surface area (TPSA) is 61.6 Å². The van der Waals surface area contributed by atoms with Crippen LogP contribution >= 0.6 is 15.9 Å². The van der Waals surface area contributed by atoms with Gasteiger partial charge in [-0.25, -0.2) is 4.39 Å². The van der Waals surface area contributed by atoms with Gasteiger partial charge in [0.15, 0.2) is 17.3 Å². The van der Waals surface area contributed by atoms with Gasteiger partial charge >= 0.3 is 0 Å². The summed E-state index contributed by atoms with van der Waals surface area (Å²) in [5, 5.41) is 0. The van der Waals surface area contributed by atoms with E-state index in [0.717, 1.165) is 0 Å². The van der Waals surface area contributed by atoms with Crippen molar-refractivity contribution in [1.82, 2.24) is 0 Å². The van der Waals surface area contributed by atoms with Crippen LogP contribution in [-0.4, -0.2) is 19.1 Å². The van der Waals surface area contributed by atoms with Crippen LogP contribution in [0.3, 0.4) is 0 Å². The molecule has 0 atom stereocenters. The number of carbonyl (C=O) groups excluding carboxylic acids is 1. The summed E-state index contributed by atoms with van der Waals surface area (Å²) in [6, 6.07) is 1.49. The van der Waals surface area contributed by atoms with Crippen LogP contribution in [0.25, 0.3) is 0 Å². The largest absolute Gasteiger partial charge is 0.453 e. The maximum Gasteiger partial charge on any atom is 0.231 e. The van der Waals surface area contributed by atoms with E-state index in [9.17, 15) is 9.18 Å². The first-order valence-corrected chi connectivity index (χ1v) is 4.95. The molecule has 4 nitrogen and oxygen atoms in total. The fourth-order valence-electron chi connectivity index (χ4n) is 1.33. The van der Waals surface area contributed by atoms with E-state index < -0.39 is 11.6 Å². The van der Waals surface area contributed by atoms with Crippen molar-refractivity contribution in [2.45, 2.75) is 0 Å². The van der Waals surface area contributed by atoms with Crippen molar-refractivity contribution in [3.05, 3.63) is 21.9 Å². The summed E-state index contributed by atoms with van der Waals surface area (Å²) in [4.78, 5) is 11.4. The number of hydrogen-bond donors (Lipinski definition) is 1. The minimum Gasteiger partial charge on any atom is -0.453 e. The number of fused-ring (bicyclic) bond motifs is 1. The van der Waals surface area contributed by atoms with E-state index in [4.69, 9.17) is 15.2 Å². The van der Waals surface area contributed by atoms with E-state index in [-0.39, 0.29) is 30.4 Å². The van der Waals surface area contributed by atoms with Crippen LogP contribution in [0, 0.1) is 5.82 Å². The maximum absolute atomic E-state index is 13.8. The molecule has 80 valence electrons. The van der Waals surface area contributed by atoms with Crippen molar-refractivity contribution in [2.24, 2.45) is 5.73 Å². The van der Waals surface area contributed by atoms with Crippen molar-refractivity contribution in [2.75, 3.05) is 13.3 Å². The molecule has 0 bridgehead atoms. The summed E-state index contributed by atoms with van der Waals surface area (Å²) in [5.74, 6) is -0.965. The van der Waals surface area contributed by atoms with E-state index in [1.54, 1.807) is 0 Å². The molecule has 1 aliphatic heterocycles. The quantitative estimate of drug-likeness (QED) is 0.831. The minimum absolute atomic E-state index is 0.0324. The summed E-state index contributed by atoms with van der Waals surface area (Å²) in [5.41, 5.74) is 5.08. The third-order valence-corrected chi connectivity index (χ3v) is 2.65. The van der Waals surface area contributed by atoms with Crippen LogP contribution in [-0.2, 0) is 0 Å². The van der Waals surface area contributed by atoms with E-state index in [0.29, 0.717) is 4.47 Å². The molecule has 2 N–H and O–H groups in total. The molecule has 0 saturated heterocycles. The lowest BCUT2D eigenvalue weighted by Gasteiger charge is -2.06. The zero-order valence-electron chi connectivity index (χ0n) is 7.55. The van der Waals surface area contributed by atoms with Gasteiger partial charge in [-0.15, -0.1) is 0 Å². The number of rotatable bonds is 2. The third-order valence-electron chi connectivity index (χ3n) is 2.02. The lowest BCUT2D eigenvalue weighted by molar-refractivity contribution is 0.0995. The molecule has 1 aromatic rings. The summed E-state index contributed by atoms with van der Waals surface area (Å²) in [7, 11) is 0. The van der Waals surface area contributed by atoms with Gasteiger partial charge in [0.25, 0.3) is 0 Å². The van der Waals surface area contributed by atoms with Crippen LogP contribution in [0.1, 0.15) is 10.4 Å². The van der Waals surface area contributed by atoms with Gasteiger partial charge in [-0.3, -0.25) is 4.79 Å². The maximum atomic E-state index is 13.8. The predicted molar refractivity (Wildman–Crippen MR) is 53.6 cm³/mol. The molecule has 0 fully saturated rings. The highest BCUT2D eigenvalue weighted by atomic mass is 79.9. The zero-order valence-corrected chi connectivity index (χ0v) is 9.14. The van der Waals surface area contributed by atoms with E-state index in [1.165, 1.54) is 6.07 Å². The van der Waals surface area contributed by atoms with Crippen LogP contribution < -0.4 is 15.2 Å². The Bertz CT molecular complexity index is 436. The monoisotopic (exact) mass is 275 g/mol. The molecule has 0 spiro atoms. The molecule has 0 amide bonds. The van der Waals surface area contributed by atoms with Crippen molar-refractivity contribution in [1.29, 1.82) is 0 Å². The predicted octanol–water partition coefficient (Wildman–Crippen LogP) is 1.46. The number of Topliss-reactive ketones (excluding diaryl/α,β-unsaturated/α-hetero) is 1. The van der Waals surface area contributed by atoms with E-state index in [2.05, 4.69) is 15.9 Å². The van der Waals surface area contributed by atoms with Gasteiger partial charge < -0.3 is 15.2 Å². The van der Waals surface area contributed by atoms with Crippen LogP contribution in [0.15, 0.2) is 10.5 Å². The smallest absolute Gasteiger partial charge is 0.231 e. The number of benzene rings is 1. The first-order chi connectivity index (χ1) is 7.15. The van der Waals surface area contributed by atoms with Gasteiger partial charge in [-0.2, -0.15) is 0 Å². The molecule has 0 radical (unpaired) electrons. The second-order valence-electron chi connectivity index (χ2n) is 2.91. The van der Waals surface area contributed by atoms with Crippen LogP contribution in [0.2, 0.25) is 0 Å². The van der Waals surface area contributed by atoms with Gasteiger partial charge in [-0.1, -0.05) is 0 Å². The second-order valence-corrected chi connectivity index (χ2v) is 3.76. The fourth-order valence-corrected chi connectivity index (χ4v) is 1.93. The normalized spacial score (nSPS) is 13.0. The Kier molecular flexibility index (Phi) is 2.62. The fraction of sp³-hybridized carbons (Fsp3) is 0.222. The van der Waals surface area contributed by atoms with E-state index in [1.807, 2.05) is 0 Å². The molecule has 2 rings (SSSR count). The zero-order chi connectivity index (χ0) is 11.0. The third kappa shape index (κ3) is 1.59. The molecule has 1 heterocycles. The van der Waals surface area contributed by atoms with Gasteiger partial charge in [0.2, 0.25) is 12.5 Å². The van der Waals surface area contributed by atoms with Gasteiger partial charge in [0, 0.05) is 4.47 Å². The molecule has 0 aromatic heterocycles. The standard InChI is InChI=1S/C9H7BrFNO3/c10-4-1-6-9(15-3-14-6)8(11)7(4)5(13)2-12/h1H,2-3,12H2. The number of nitrogens with two attached hydrogens (primary N) is 1. The first-order valence-electron chi connectivity index (χ1n) is 4.16. The number of carbonyl (C=O) groups is 1. The summed E-state index contributed by atoms with van der Waals surface area (Å²) < 4.78 is 24.0.